The zero-order chi connectivity index (χ0) is 63.9. The molecule has 2 saturated heterocycles. The molecule has 482 valence electrons. The highest BCUT2D eigenvalue weighted by molar-refractivity contribution is 5.96. The Kier molecular flexibility index (Phi) is 23.7. The van der Waals surface area contributed by atoms with E-state index in [-0.39, 0.29) is 48.5 Å². The number of fused-ring (bicyclic) bond motifs is 5. The Morgan fingerprint density at radius 2 is 1.37 bits per heavy atom. The summed E-state index contributed by atoms with van der Waals surface area (Å²) >= 11 is 0. The molecule has 3 N–H and O–H groups in total. The summed E-state index contributed by atoms with van der Waals surface area (Å²) in [5.74, 6) is -7.31. The van der Waals surface area contributed by atoms with Gasteiger partial charge in [0, 0.05) is 49.5 Å². The Balaban J connectivity index is 1.06. The number of aliphatic hydroxyl groups is 2. The minimum atomic E-state index is -2.40. The molecule has 0 aromatic heterocycles. The molecule has 2 bridgehead atoms. The number of unbranched alkanes of at least 4 members (excludes halogenated alkanes) is 8. The molecule has 2 heterocycles. The van der Waals surface area contributed by atoms with Crippen LogP contribution in [-0.2, 0) is 61.8 Å². The molecule has 3 aromatic rings. The van der Waals surface area contributed by atoms with E-state index in [0.717, 1.165) is 64.7 Å². The van der Waals surface area contributed by atoms with Crippen LogP contribution in [0.4, 0.5) is 4.79 Å². The number of ether oxygens (including phenoxy) is 9. The average molecular weight is 1230 g/mol. The SMILES string of the molecule is CCCC/C=C\C/C=C\CCCCCCCCC1OCC(COC(=O)O[C@@H](C(=O)O[C@H]2C[C@@]3(O)[C@@H](OC(=O)c4ccccc4)[C@@H]4[C@@H]5C(COC(C)=O)O[C@@H]5C[C@H](O)[C@@]4(C)C(=O)[C@H](OC(C)=O)C(=C2C)C3(C)C)[C@@H](NC(=O)c2ccccc2)c2ccccc2)O1. The van der Waals surface area contributed by atoms with Gasteiger partial charge in [-0.2, -0.15) is 0 Å². The van der Waals surface area contributed by atoms with Crippen LogP contribution in [0.2, 0.25) is 0 Å². The second kappa shape index (κ2) is 31.1. The first-order valence-electron chi connectivity index (χ1n) is 31.6. The lowest BCUT2D eigenvalue weighted by Crippen LogP contribution is -2.76. The molecule has 1 amide bonds. The van der Waals surface area contributed by atoms with Crippen LogP contribution in [0.25, 0.3) is 0 Å². The van der Waals surface area contributed by atoms with Gasteiger partial charge in [0.1, 0.15) is 43.2 Å². The van der Waals surface area contributed by atoms with E-state index >= 15 is 9.59 Å². The Morgan fingerprint density at radius 3 is 2.02 bits per heavy atom. The van der Waals surface area contributed by atoms with Crippen molar-refractivity contribution >= 4 is 41.7 Å². The van der Waals surface area contributed by atoms with Gasteiger partial charge in [-0.15, -0.1) is 0 Å². The van der Waals surface area contributed by atoms with Gasteiger partial charge in [0.15, 0.2) is 18.2 Å². The summed E-state index contributed by atoms with van der Waals surface area (Å²) in [6, 6.07) is 22.9. The summed E-state index contributed by atoms with van der Waals surface area (Å²) in [4.78, 5) is 99.9. The highest BCUT2D eigenvalue weighted by Crippen LogP contribution is 2.63. The number of esters is 4. The number of nitrogens with one attached hydrogen (secondary N) is 1. The summed E-state index contributed by atoms with van der Waals surface area (Å²) in [5, 5.41) is 29.3. The Bertz CT molecular complexity index is 3000. The number of hydrogen-bond acceptors (Lipinski definition) is 18. The van der Waals surface area contributed by atoms with Crippen molar-refractivity contribution in [2.75, 3.05) is 19.8 Å². The van der Waals surface area contributed by atoms with Gasteiger partial charge in [0.05, 0.1) is 35.9 Å². The van der Waals surface area contributed by atoms with Gasteiger partial charge in [-0.25, -0.2) is 14.4 Å². The molecule has 2 aliphatic heterocycles. The van der Waals surface area contributed by atoms with Crippen molar-refractivity contribution in [1.29, 1.82) is 0 Å². The van der Waals surface area contributed by atoms with Crippen molar-refractivity contribution in [2.24, 2.45) is 22.7 Å². The predicted molar refractivity (Wildman–Crippen MR) is 326 cm³/mol. The first kappa shape index (κ1) is 67.9. The summed E-state index contributed by atoms with van der Waals surface area (Å²) in [5.41, 5.74) is -5.33. The molecule has 14 atom stereocenters. The molecule has 19 nitrogen and oxygen atoms in total. The molecule has 4 fully saturated rings. The second-order valence-corrected chi connectivity index (χ2v) is 24.8. The van der Waals surface area contributed by atoms with Gasteiger partial charge in [-0.3, -0.25) is 19.2 Å². The maximum absolute atomic E-state index is 15.9. The van der Waals surface area contributed by atoms with Crippen molar-refractivity contribution in [3.8, 4) is 0 Å². The predicted octanol–water partition coefficient (Wildman–Crippen LogP) is 10.7. The molecule has 3 unspecified atom stereocenters. The summed E-state index contributed by atoms with van der Waals surface area (Å²) < 4.78 is 54.4. The van der Waals surface area contributed by atoms with Crippen molar-refractivity contribution < 1.29 is 86.4 Å². The van der Waals surface area contributed by atoms with Crippen LogP contribution < -0.4 is 5.32 Å². The monoisotopic (exact) mass is 1230 g/mol. The smallest absolute Gasteiger partial charge is 0.463 e. The van der Waals surface area contributed by atoms with Gasteiger partial charge in [-0.05, 0) is 93.3 Å². The van der Waals surface area contributed by atoms with E-state index in [2.05, 4.69) is 36.5 Å². The second-order valence-electron chi connectivity index (χ2n) is 24.8. The third kappa shape index (κ3) is 16.1. The summed E-state index contributed by atoms with van der Waals surface area (Å²) in [7, 11) is 0. The zero-order valence-corrected chi connectivity index (χ0v) is 52.3. The number of benzene rings is 3. The standard InChI is InChI=1S/C70H89NO18/c1-8-9-10-11-12-13-14-15-16-17-18-19-20-21-31-38-55-82-41-50(85-55)42-83-67(79)88-61(59(47-32-25-22-26-33-47)71-64(76)48-34-27-23-28-35-48)66(78)87-52-40-70(80)63(89-65(77)49-36-29-24-30-37-49)58-56-51(86-53(56)43-81-45(3)72)39-54(74)69(58,7)62(75)60(84-46(4)73)57(44(52)2)68(70,5)6/h11-12,14-15,22-30,32-37,50-56,58-61,63,74,80H,8-10,13,16-21,31,38-43H2,1-7H3,(H,71,76)/b12-11-,15-14-/t50?,51-,52+,53?,54+,55?,56+,58+,59+,60-,61-,63+,69-,70-/m1/s1. The van der Waals surface area contributed by atoms with Crippen LogP contribution in [0, 0.1) is 22.7 Å². The van der Waals surface area contributed by atoms with Crippen molar-refractivity contribution in [3.05, 3.63) is 143 Å². The third-order valence-electron chi connectivity index (χ3n) is 18.5. The summed E-state index contributed by atoms with van der Waals surface area (Å²) in [6.07, 6.45) is 8.10. The van der Waals surface area contributed by atoms with Gasteiger partial charge < -0.3 is 58.2 Å². The number of carbonyl (C=O) groups excluding carboxylic acids is 7. The van der Waals surface area contributed by atoms with E-state index in [4.69, 9.17) is 42.6 Å². The van der Waals surface area contributed by atoms with Crippen molar-refractivity contribution in [2.45, 2.75) is 205 Å². The molecule has 3 aromatic carbocycles. The number of carbonyl (C=O) groups is 7. The van der Waals surface area contributed by atoms with E-state index in [1.807, 2.05) is 0 Å². The minimum Gasteiger partial charge on any atom is -0.463 e. The first-order valence-corrected chi connectivity index (χ1v) is 31.6. The van der Waals surface area contributed by atoms with Crippen molar-refractivity contribution in [3.63, 3.8) is 0 Å². The molecule has 8 rings (SSSR count). The number of Topliss-reactive ketones (excluding diaryl/α,β-unsaturated/α-hetero) is 1. The van der Waals surface area contributed by atoms with E-state index in [9.17, 15) is 34.2 Å². The topological polar surface area (TPSA) is 255 Å². The van der Waals surface area contributed by atoms with Crippen molar-refractivity contribution in [1.82, 2.24) is 5.32 Å². The number of rotatable bonds is 28. The van der Waals surface area contributed by atoms with Crippen LogP contribution >= 0.6 is 0 Å². The molecule has 5 aliphatic rings. The largest absolute Gasteiger partial charge is 0.509 e. The lowest BCUT2D eigenvalue weighted by atomic mass is 9.45. The van der Waals surface area contributed by atoms with Crippen LogP contribution in [-0.4, -0.2) is 132 Å². The highest BCUT2D eigenvalue weighted by atomic mass is 16.8. The molecular weight excluding hydrogens is 1140 g/mol. The fraction of sp³-hybridized carbons (Fsp3) is 0.557. The van der Waals surface area contributed by atoms with Gasteiger partial charge >= 0.3 is 30.0 Å². The van der Waals surface area contributed by atoms with Gasteiger partial charge in [-0.1, -0.05) is 150 Å². The Hall–Kier alpha value is -7.03. The van der Waals surface area contributed by atoms with Gasteiger partial charge in [0.2, 0.25) is 6.10 Å². The Labute approximate surface area is 522 Å². The average Bonchev–Trinajstić information content (AvgIpc) is 0.823. The summed E-state index contributed by atoms with van der Waals surface area (Å²) in [6.45, 7) is 10.2. The molecule has 19 heteroatoms. The van der Waals surface area contributed by atoms with E-state index in [1.54, 1.807) is 92.7 Å². The maximum atomic E-state index is 15.9. The molecule has 0 radical (unpaired) electrons. The fourth-order valence-corrected chi connectivity index (χ4v) is 13.6. The van der Waals surface area contributed by atoms with Crippen LogP contribution in [0.3, 0.4) is 0 Å². The number of hydrogen-bond donors (Lipinski definition) is 3. The molecule has 3 aliphatic carbocycles. The lowest BCUT2D eigenvalue weighted by molar-refractivity contribution is -0.307. The van der Waals surface area contributed by atoms with Crippen LogP contribution in [0.1, 0.15) is 171 Å². The van der Waals surface area contributed by atoms with Gasteiger partial charge in [0.25, 0.3) is 5.91 Å². The number of allylic oxidation sites excluding steroid dienone is 4. The van der Waals surface area contributed by atoms with E-state index in [1.165, 1.54) is 45.7 Å². The fourth-order valence-electron chi connectivity index (χ4n) is 13.6. The molecule has 2 saturated carbocycles. The highest BCUT2D eigenvalue weighted by Gasteiger charge is 2.74. The molecular formula is C70H89NO18. The molecule has 89 heavy (non-hydrogen) atoms. The number of amides is 1. The quantitative estimate of drug-likeness (QED) is 0.0264. The minimum absolute atomic E-state index is 0.0120. The third-order valence-corrected chi connectivity index (χ3v) is 18.5. The zero-order valence-electron chi connectivity index (χ0n) is 52.3. The molecule has 0 spiro atoms. The van der Waals surface area contributed by atoms with E-state index in [0.29, 0.717) is 12.0 Å². The Morgan fingerprint density at radius 1 is 0.742 bits per heavy atom. The normalized spacial score (nSPS) is 28.4. The van der Waals surface area contributed by atoms with E-state index < -0.39 is 138 Å². The lowest BCUT2D eigenvalue weighted by Gasteiger charge is -2.65. The van der Waals surface area contributed by atoms with Crippen LogP contribution in [0.15, 0.2) is 126 Å². The van der Waals surface area contributed by atoms with Crippen LogP contribution in [0.5, 0.6) is 0 Å². The number of aliphatic hydroxyl groups excluding tert-OH is 1. The maximum Gasteiger partial charge on any atom is 0.509 e. The number of ketones is 1. The first-order chi connectivity index (χ1) is 42.7.